The van der Waals surface area contributed by atoms with E-state index in [1.165, 1.54) is 17.4 Å². The third kappa shape index (κ3) is 3.59. The number of aromatic nitrogens is 1. The highest BCUT2D eigenvalue weighted by Crippen LogP contribution is 2.32. The van der Waals surface area contributed by atoms with Crippen LogP contribution in [0.2, 0.25) is 0 Å². The van der Waals surface area contributed by atoms with Crippen molar-refractivity contribution >= 4 is 32.6 Å². The summed E-state index contributed by atoms with van der Waals surface area (Å²) >= 11 is 1.32. The van der Waals surface area contributed by atoms with Crippen LogP contribution in [0.15, 0.2) is 72.8 Å². The van der Waals surface area contributed by atoms with Crippen molar-refractivity contribution in [1.82, 2.24) is 4.98 Å². The van der Waals surface area contributed by atoms with Crippen LogP contribution in [-0.4, -0.2) is 10.9 Å². The maximum Gasteiger partial charge on any atom is 0.260 e. The summed E-state index contributed by atoms with van der Waals surface area (Å²) in [5.74, 6) is -0.532. The van der Waals surface area contributed by atoms with E-state index in [9.17, 15) is 9.18 Å². The molecule has 134 valence electrons. The molecule has 1 heterocycles. The minimum atomic E-state index is -0.377. The molecule has 0 saturated heterocycles. The van der Waals surface area contributed by atoms with Crippen LogP contribution in [0, 0.1) is 12.7 Å². The Morgan fingerprint density at radius 1 is 1.00 bits per heavy atom. The van der Waals surface area contributed by atoms with Gasteiger partial charge >= 0.3 is 0 Å². The summed E-state index contributed by atoms with van der Waals surface area (Å²) in [4.78, 5) is 19.3. The predicted octanol–water partition coefficient (Wildman–Crippen LogP) is 5.59. The van der Waals surface area contributed by atoms with E-state index < -0.39 is 0 Å². The van der Waals surface area contributed by atoms with Gasteiger partial charge in [0.2, 0.25) is 0 Å². The van der Waals surface area contributed by atoms with Crippen molar-refractivity contribution in [3.8, 4) is 0 Å². The topological polar surface area (TPSA) is 33.2 Å². The monoisotopic (exact) mass is 376 g/mol. The van der Waals surface area contributed by atoms with Crippen LogP contribution in [0.5, 0.6) is 0 Å². The predicted molar refractivity (Wildman–Crippen MR) is 108 cm³/mol. The number of halogens is 1. The average Bonchev–Trinajstić information content (AvgIpc) is 3.12. The van der Waals surface area contributed by atoms with E-state index in [2.05, 4.69) is 4.98 Å². The molecule has 0 aliphatic rings. The number of thiazole rings is 1. The fraction of sp³-hybridized carbons (Fsp3) is 0.0909. The lowest BCUT2D eigenvalue weighted by Gasteiger charge is -2.20. The Morgan fingerprint density at radius 3 is 2.44 bits per heavy atom. The van der Waals surface area contributed by atoms with Gasteiger partial charge in [-0.15, -0.1) is 0 Å². The third-order valence-electron chi connectivity index (χ3n) is 4.32. The number of fused-ring (bicyclic) bond motifs is 1. The number of para-hydroxylation sites is 1. The fourth-order valence-electron chi connectivity index (χ4n) is 2.86. The fourth-order valence-corrected chi connectivity index (χ4v) is 3.84. The summed E-state index contributed by atoms with van der Waals surface area (Å²) in [6.07, 6.45) is 0. The molecule has 0 atom stereocenters. The number of carbonyl (C=O) groups is 1. The van der Waals surface area contributed by atoms with E-state index in [4.69, 9.17) is 0 Å². The van der Waals surface area contributed by atoms with Gasteiger partial charge in [0, 0.05) is 5.56 Å². The molecule has 0 N–H and O–H groups in total. The number of hydrogen-bond acceptors (Lipinski definition) is 3. The highest BCUT2D eigenvalue weighted by molar-refractivity contribution is 7.22. The first-order valence-electron chi connectivity index (χ1n) is 8.59. The summed E-state index contributed by atoms with van der Waals surface area (Å²) in [6.45, 7) is 2.35. The quantitative estimate of drug-likeness (QED) is 0.465. The summed E-state index contributed by atoms with van der Waals surface area (Å²) in [5.41, 5.74) is 2.95. The van der Waals surface area contributed by atoms with Gasteiger partial charge < -0.3 is 0 Å². The lowest BCUT2D eigenvalue weighted by atomic mass is 10.1. The first-order chi connectivity index (χ1) is 13.1. The van der Waals surface area contributed by atoms with E-state index >= 15 is 0 Å². The zero-order valence-electron chi connectivity index (χ0n) is 14.7. The van der Waals surface area contributed by atoms with Crippen molar-refractivity contribution in [3.05, 3.63) is 95.3 Å². The summed E-state index contributed by atoms with van der Waals surface area (Å²) in [5, 5.41) is 0.490. The maximum atomic E-state index is 14.1. The van der Waals surface area contributed by atoms with Gasteiger partial charge in [0.25, 0.3) is 5.91 Å². The normalized spacial score (nSPS) is 10.9. The minimum absolute atomic E-state index is 0.154. The van der Waals surface area contributed by atoms with Crippen LogP contribution in [0.25, 0.3) is 10.2 Å². The first-order valence-corrected chi connectivity index (χ1v) is 9.41. The molecule has 0 saturated carbocycles. The molecule has 0 radical (unpaired) electrons. The van der Waals surface area contributed by atoms with Crippen molar-refractivity contribution < 1.29 is 9.18 Å². The van der Waals surface area contributed by atoms with E-state index in [1.807, 2.05) is 67.6 Å². The van der Waals surface area contributed by atoms with Gasteiger partial charge in [0.05, 0.1) is 11.2 Å². The second-order valence-electron chi connectivity index (χ2n) is 6.33. The largest absolute Gasteiger partial charge is 0.279 e. The Labute approximate surface area is 160 Å². The molecular weight excluding hydrogens is 359 g/mol. The number of hydrogen-bond donors (Lipinski definition) is 0. The van der Waals surface area contributed by atoms with Gasteiger partial charge in [0.1, 0.15) is 11.3 Å². The number of benzene rings is 3. The van der Waals surface area contributed by atoms with Crippen molar-refractivity contribution in [2.24, 2.45) is 0 Å². The van der Waals surface area contributed by atoms with Gasteiger partial charge in [-0.1, -0.05) is 65.4 Å². The molecule has 27 heavy (non-hydrogen) atoms. The van der Waals surface area contributed by atoms with Crippen LogP contribution in [0.1, 0.15) is 21.5 Å². The molecule has 3 aromatic carbocycles. The van der Waals surface area contributed by atoms with Gasteiger partial charge in [-0.25, -0.2) is 9.37 Å². The van der Waals surface area contributed by atoms with Crippen LogP contribution >= 0.6 is 11.3 Å². The third-order valence-corrected chi connectivity index (χ3v) is 5.36. The lowest BCUT2D eigenvalue weighted by molar-refractivity contribution is 0.0985. The van der Waals surface area contributed by atoms with E-state index in [-0.39, 0.29) is 11.7 Å². The molecule has 0 spiro atoms. The molecule has 0 bridgehead atoms. The minimum Gasteiger partial charge on any atom is -0.279 e. The second kappa shape index (κ2) is 7.29. The smallest absolute Gasteiger partial charge is 0.260 e. The Kier molecular flexibility index (Phi) is 4.69. The molecule has 5 heteroatoms. The van der Waals surface area contributed by atoms with Crippen LogP contribution in [-0.2, 0) is 6.54 Å². The molecule has 1 amide bonds. The number of carbonyl (C=O) groups excluding carboxylic acids is 1. The van der Waals surface area contributed by atoms with Crippen molar-refractivity contribution in [3.63, 3.8) is 0 Å². The number of nitrogens with zero attached hydrogens (tertiary/aromatic N) is 2. The van der Waals surface area contributed by atoms with Crippen molar-refractivity contribution in [2.75, 3.05) is 4.90 Å². The van der Waals surface area contributed by atoms with Crippen LogP contribution in [0.4, 0.5) is 9.52 Å². The van der Waals surface area contributed by atoms with Gasteiger partial charge in [0.15, 0.2) is 5.13 Å². The van der Waals surface area contributed by atoms with E-state index in [0.717, 1.165) is 15.8 Å². The molecule has 4 aromatic rings. The standard InChI is InChI=1S/C22H17FN2OS/c1-15-10-12-17(13-11-15)21(26)25(14-16-6-3-2-4-7-16)22-24-20-18(23)8-5-9-19(20)27-22/h2-13H,14H2,1H3. The van der Waals surface area contributed by atoms with Crippen LogP contribution < -0.4 is 4.90 Å². The molecule has 0 aliphatic carbocycles. The lowest BCUT2D eigenvalue weighted by Crippen LogP contribution is -2.30. The summed E-state index contributed by atoms with van der Waals surface area (Å²) in [6, 6.07) is 22.0. The van der Waals surface area contributed by atoms with Crippen LogP contribution in [0.3, 0.4) is 0 Å². The highest BCUT2D eigenvalue weighted by atomic mass is 32.1. The maximum absolute atomic E-state index is 14.1. The number of amides is 1. The van der Waals surface area contributed by atoms with Crippen molar-refractivity contribution in [2.45, 2.75) is 13.5 Å². The zero-order chi connectivity index (χ0) is 18.8. The Morgan fingerprint density at radius 2 is 1.74 bits per heavy atom. The number of rotatable bonds is 4. The van der Waals surface area contributed by atoms with E-state index in [0.29, 0.717) is 22.8 Å². The van der Waals surface area contributed by atoms with E-state index in [1.54, 1.807) is 11.0 Å². The average molecular weight is 376 g/mol. The molecule has 3 nitrogen and oxygen atoms in total. The van der Waals surface area contributed by atoms with Gasteiger partial charge in [-0.3, -0.25) is 9.69 Å². The highest BCUT2D eigenvalue weighted by Gasteiger charge is 2.22. The molecule has 4 rings (SSSR count). The van der Waals surface area contributed by atoms with Crippen molar-refractivity contribution in [1.29, 1.82) is 0 Å². The Balaban J connectivity index is 1.78. The molecule has 0 unspecified atom stereocenters. The Bertz CT molecular complexity index is 1090. The van der Waals surface area contributed by atoms with Gasteiger partial charge in [-0.05, 0) is 36.8 Å². The number of aryl methyl sites for hydroxylation is 1. The first kappa shape index (κ1) is 17.4. The molecule has 0 fully saturated rings. The van der Waals surface area contributed by atoms with Gasteiger partial charge in [-0.2, -0.15) is 0 Å². The summed E-state index contributed by atoms with van der Waals surface area (Å²) < 4.78 is 14.8. The SMILES string of the molecule is Cc1ccc(C(=O)N(Cc2ccccc2)c2nc3c(F)cccc3s2)cc1. The second-order valence-corrected chi connectivity index (χ2v) is 7.34. The molecule has 1 aromatic heterocycles. The molecular formula is C22H17FN2OS. The molecule has 0 aliphatic heterocycles. The Hall–Kier alpha value is -3.05. The zero-order valence-corrected chi connectivity index (χ0v) is 15.5. The number of anilines is 1. The summed E-state index contributed by atoms with van der Waals surface area (Å²) in [7, 11) is 0.